The van der Waals surface area contributed by atoms with Crippen LogP contribution in [-0.4, -0.2) is 87.2 Å². The van der Waals surface area contributed by atoms with Gasteiger partial charge in [0.25, 0.3) is 0 Å². The fourth-order valence-electron chi connectivity index (χ4n) is 2.39. The van der Waals surface area contributed by atoms with Crippen LogP contribution in [0.5, 0.6) is 0 Å². The molecule has 1 heterocycles. The largest absolute Gasteiger partial charge is 0.379 e. The lowest BCUT2D eigenvalue weighted by Crippen LogP contribution is -2.53. The summed E-state index contributed by atoms with van der Waals surface area (Å²) in [5, 5.41) is 6.49. The summed E-state index contributed by atoms with van der Waals surface area (Å²) in [6.45, 7) is 10.6. The maximum Gasteiger partial charge on any atom is 0.243 e. The second-order valence-corrected chi connectivity index (χ2v) is 5.88. The first kappa shape index (κ1) is 22.4. The third-order valence-corrected chi connectivity index (χ3v) is 3.77. The number of carbonyl (C=O) groups is 1. The summed E-state index contributed by atoms with van der Waals surface area (Å²) in [6, 6.07) is 0.813. The molecule has 23 heavy (non-hydrogen) atoms. The van der Waals surface area contributed by atoms with Gasteiger partial charge < -0.3 is 20.3 Å². The first-order valence-electron chi connectivity index (χ1n) is 8.01. The fraction of sp³-hybridized carbons (Fsp3) is 0.867. The average Bonchev–Trinajstić information content (AvgIpc) is 2.49. The molecule has 7 nitrogen and oxygen atoms in total. The van der Waals surface area contributed by atoms with E-state index in [1.807, 2.05) is 6.92 Å². The summed E-state index contributed by atoms with van der Waals surface area (Å²) < 4.78 is 5.47. The Bertz CT molecular complexity index is 379. The minimum atomic E-state index is -0.00736. The van der Waals surface area contributed by atoms with E-state index >= 15 is 0 Å². The summed E-state index contributed by atoms with van der Waals surface area (Å²) >= 11 is 0. The Morgan fingerprint density at radius 3 is 2.70 bits per heavy atom. The minimum absolute atomic E-state index is 0. The van der Waals surface area contributed by atoms with Gasteiger partial charge in [0.15, 0.2) is 5.96 Å². The predicted octanol–water partition coefficient (Wildman–Crippen LogP) is 0.357. The van der Waals surface area contributed by atoms with E-state index in [1.54, 1.807) is 19.0 Å². The zero-order valence-electron chi connectivity index (χ0n) is 15.0. The highest BCUT2D eigenvalue weighted by atomic mass is 127. The van der Waals surface area contributed by atoms with Crippen LogP contribution in [0.3, 0.4) is 0 Å². The van der Waals surface area contributed by atoms with E-state index < -0.39 is 0 Å². The van der Waals surface area contributed by atoms with Crippen LogP contribution in [0, 0.1) is 0 Å². The lowest BCUT2D eigenvalue weighted by atomic mass is 10.2. The minimum Gasteiger partial charge on any atom is -0.379 e. The lowest BCUT2D eigenvalue weighted by Gasteiger charge is -2.38. The number of aliphatic imine (C=N–C) groups is 1. The molecule has 0 spiro atoms. The number of carbonyl (C=O) groups excluding carboxylic acids is 1. The van der Waals surface area contributed by atoms with E-state index in [0.29, 0.717) is 18.0 Å². The maximum atomic E-state index is 11.6. The van der Waals surface area contributed by atoms with Gasteiger partial charge in [-0.1, -0.05) is 0 Å². The standard InChI is InChI=1S/C15H31N5O2.HI/c1-6-16-15(18-10-14(21)19(4)5)17-9-12(2)20-7-8-22-11-13(20)3;/h12-13H,6-11H2,1-5H3,(H2,16,17,18);1H. The topological polar surface area (TPSA) is 69.2 Å². The molecule has 2 atom stereocenters. The van der Waals surface area contributed by atoms with Crippen molar-refractivity contribution in [2.24, 2.45) is 4.99 Å². The van der Waals surface area contributed by atoms with Crippen LogP contribution in [0.2, 0.25) is 0 Å². The Morgan fingerprint density at radius 1 is 1.43 bits per heavy atom. The van der Waals surface area contributed by atoms with E-state index in [1.165, 1.54) is 0 Å². The molecular weight excluding hydrogens is 409 g/mol. The van der Waals surface area contributed by atoms with Crippen LogP contribution in [0.25, 0.3) is 0 Å². The number of likely N-dealkylation sites (N-methyl/N-ethyl adjacent to an activating group) is 1. The highest BCUT2D eigenvalue weighted by Crippen LogP contribution is 2.09. The van der Waals surface area contributed by atoms with Gasteiger partial charge in [0.1, 0.15) is 6.54 Å². The molecule has 8 heteroatoms. The average molecular weight is 441 g/mol. The predicted molar refractivity (Wildman–Crippen MR) is 105 cm³/mol. The zero-order valence-corrected chi connectivity index (χ0v) is 17.3. The fourth-order valence-corrected chi connectivity index (χ4v) is 2.39. The van der Waals surface area contributed by atoms with Crippen molar-refractivity contribution in [2.45, 2.75) is 32.9 Å². The Labute approximate surface area is 157 Å². The molecular formula is C15H32IN5O2. The first-order chi connectivity index (χ1) is 10.5. The normalized spacial score (nSPS) is 20.4. The highest BCUT2D eigenvalue weighted by molar-refractivity contribution is 14.0. The van der Waals surface area contributed by atoms with Crippen molar-refractivity contribution in [2.75, 3.05) is 53.5 Å². The van der Waals surface area contributed by atoms with Gasteiger partial charge in [0.2, 0.25) is 5.91 Å². The van der Waals surface area contributed by atoms with Crippen LogP contribution < -0.4 is 10.6 Å². The Balaban J connectivity index is 0.00000484. The van der Waals surface area contributed by atoms with Crippen molar-refractivity contribution in [3.63, 3.8) is 0 Å². The van der Waals surface area contributed by atoms with Gasteiger partial charge in [0.05, 0.1) is 13.2 Å². The number of hydrogen-bond donors (Lipinski definition) is 2. The number of nitrogens with zero attached hydrogens (tertiary/aromatic N) is 3. The quantitative estimate of drug-likeness (QED) is 0.354. The third-order valence-electron chi connectivity index (χ3n) is 3.77. The first-order valence-corrected chi connectivity index (χ1v) is 8.01. The van der Waals surface area contributed by atoms with E-state index in [0.717, 1.165) is 32.8 Å². The van der Waals surface area contributed by atoms with Gasteiger partial charge in [-0.25, -0.2) is 4.99 Å². The summed E-state index contributed by atoms with van der Waals surface area (Å²) in [7, 11) is 3.47. The molecule has 0 bridgehead atoms. The van der Waals surface area contributed by atoms with Crippen molar-refractivity contribution in [3.05, 3.63) is 0 Å². The summed E-state index contributed by atoms with van der Waals surface area (Å²) in [4.78, 5) is 19.9. The van der Waals surface area contributed by atoms with Crippen molar-refractivity contribution in [3.8, 4) is 0 Å². The second-order valence-electron chi connectivity index (χ2n) is 5.88. The van der Waals surface area contributed by atoms with Gasteiger partial charge >= 0.3 is 0 Å². The number of halogens is 1. The zero-order chi connectivity index (χ0) is 16.5. The van der Waals surface area contributed by atoms with Gasteiger partial charge in [-0.2, -0.15) is 0 Å². The van der Waals surface area contributed by atoms with Crippen LogP contribution in [0.4, 0.5) is 0 Å². The molecule has 1 saturated heterocycles. The Morgan fingerprint density at radius 2 is 2.13 bits per heavy atom. The maximum absolute atomic E-state index is 11.6. The summed E-state index contributed by atoms with van der Waals surface area (Å²) in [6.07, 6.45) is 0. The molecule has 0 aliphatic carbocycles. The molecule has 0 aromatic carbocycles. The van der Waals surface area contributed by atoms with Crippen molar-refractivity contribution in [1.29, 1.82) is 0 Å². The molecule has 136 valence electrons. The molecule has 0 aromatic rings. The number of amides is 1. The molecule has 1 aliphatic rings. The van der Waals surface area contributed by atoms with Gasteiger partial charge in [-0.3, -0.25) is 9.69 Å². The van der Waals surface area contributed by atoms with E-state index in [9.17, 15) is 4.79 Å². The SMILES string of the molecule is CCNC(=NCC(=O)N(C)C)NCC(C)N1CCOCC1C.I. The van der Waals surface area contributed by atoms with Gasteiger partial charge in [-0.05, 0) is 20.8 Å². The molecule has 0 aromatic heterocycles. The van der Waals surface area contributed by atoms with Crippen molar-refractivity contribution >= 4 is 35.8 Å². The molecule has 1 fully saturated rings. The monoisotopic (exact) mass is 441 g/mol. The molecule has 0 radical (unpaired) electrons. The molecule has 2 N–H and O–H groups in total. The van der Waals surface area contributed by atoms with Crippen LogP contribution in [0.1, 0.15) is 20.8 Å². The lowest BCUT2D eigenvalue weighted by molar-refractivity contribution is -0.127. The van der Waals surface area contributed by atoms with E-state index in [4.69, 9.17) is 4.74 Å². The number of ether oxygens (including phenoxy) is 1. The van der Waals surface area contributed by atoms with Crippen LogP contribution >= 0.6 is 24.0 Å². The van der Waals surface area contributed by atoms with Crippen LogP contribution in [0.15, 0.2) is 4.99 Å². The Hall–Kier alpha value is -0.610. The molecule has 1 rings (SSSR count). The molecule has 2 unspecified atom stereocenters. The summed E-state index contributed by atoms with van der Waals surface area (Å²) in [5.41, 5.74) is 0. The second kappa shape index (κ2) is 11.9. The number of hydrogen-bond acceptors (Lipinski definition) is 4. The third kappa shape index (κ3) is 8.16. The number of morpholine rings is 1. The number of nitrogens with one attached hydrogen (secondary N) is 2. The van der Waals surface area contributed by atoms with Crippen molar-refractivity contribution in [1.82, 2.24) is 20.4 Å². The molecule has 0 saturated carbocycles. The highest BCUT2D eigenvalue weighted by Gasteiger charge is 2.23. The number of rotatable bonds is 6. The molecule has 1 aliphatic heterocycles. The molecule has 1 amide bonds. The summed E-state index contributed by atoms with van der Waals surface area (Å²) in [5.74, 6) is 0.678. The van der Waals surface area contributed by atoms with E-state index in [-0.39, 0.29) is 36.4 Å². The van der Waals surface area contributed by atoms with Crippen molar-refractivity contribution < 1.29 is 9.53 Å². The smallest absolute Gasteiger partial charge is 0.243 e. The number of guanidine groups is 1. The Kier molecular flexibility index (Phi) is 11.5. The van der Waals surface area contributed by atoms with E-state index in [2.05, 4.69) is 34.4 Å². The van der Waals surface area contributed by atoms with Gasteiger partial charge in [-0.15, -0.1) is 24.0 Å². The van der Waals surface area contributed by atoms with Gasteiger partial charge in [0, 0.05) is 45.8 Å². The van der Waals surface area contributed by atoms with Crippen LogP contribution in [-0.2, 0) is 9.53 Å².